The molecule has 1 N–H and O–H groups in total. The van der Waals surface area contributed by atoms with E-state index in [4.69, 9.17) is 4.74 Å². The summed E-state index contributed by atoms with van der Waals surface area (Å²) in [5.41, 5.74) is 1.79. The van der Waals surface area contributed by atoms with Crippen molar-refractivity contribution in [3.63, 3.8) is 0 Å². The third-order valence-electron chi connectivity index (χ3n) is 4.58. The third-order valence-corrected chi connectivity index (χ3v) is 4.58. The molecule has 0 unspecified atom stereocenters. The fourth-order valence-corrected chi connectivity index (χ4v) is 3.09. The summed E-state index contributed by atoms with van der Waals surface area (Å²) in [6, 6.07) is 13.6. The maximum absolute atomic E-state index is 12.4. The van der Waals surface area contributed by atoms with Crippen LogP contribution in [0, 0.1) is 0 Å². The number of carbonyl (C=O) groups excluding carboxylic acids is 1. The van der Waals surface area contributed by atoms with Crippen LogP contribution in [0.5, 0.6) is 5.88 Å². The zero-order valence-electron chi connectivity index (χ0n) is 14.8. The van der Waals surface area contributed by atoms with Crippen LogP contribution in [-0.4, -0.2) is 37.1 Å². The van der Waals surface area contributed by atoms with Gasteiger partial charge in [0, 0.05) is 43.7 Å². The summed E-state index contributed by atoms with van der Waals surface area (Å²) in [4.78, 5) is 18.6. The van der Waals surface area contributed by atoms with Crippen LogP contribution in [0.1, 0.15) is 36.0 Å². The van der Waals surface area contributed by atoms with E-state index < -0.39 is 0 Å². The van der Waals surface area contributed by atoms with Crippen LogP contribution in [0.4, 0.5) is 5.69 Å². The number of amides is 1. The first-order valence-electron chi connectivity index (χ1n) is 8.78. The van der Waals surface area contributed by atoms with E-state index in [1.54, 1.807) is 6.20 Å². The number of carbonyl (C=O) groups is 1. The molecule has 0 radical (unpaired) electrons. The van der Waals surface area contributed by atoms with Gasteiger partial charge in [0.05, 0.1) is 0 Å². The molecule has 5 nitrogen and oxygen atoms in total. The Morgan fingerprint density at radius 2 is 1.80 bits per heavy atom. The van der Waals surface area contributed by atoms with Crippen LogP contribution in [0.2, 0.25) is 0 Å². The Morgan fingerprint density at radius 3 is 2.40 bits per heavy atom. The van der Waals surface area contributed by atoms with Crippen LogP contribution < -0.4 is 15.0 Å². The van der Waals surface area contributed by atoms with Gasteiger partial charge in [0.2, 0.25) is 5.88 Å². The van der Waals surface area contributed by atoms with E-state index in [1.807, 2.05) is 61.5 Å². The van der Waals surface area contributed by atoms with Gasteiger partial charge in [-0.25, -0.2) is 4.98 Å². The fourth-order valence-electron chi connectivity index (χ4n) is 3.09. The van der Waals surface area contributed by atoms with Crippen molar-refractivity contribution in [2.24, 2.45) is 0 Å². The normalized spacial score (nSPS) is 19.9. The van der Waals surface area contributed by atoms with E-state index in [2.05, 4.69) is 10.3 Å². The first-order valence-corrected chi connectivity index (χ1v) is 8.78. The highest BCUT2D eigenvalue weighted by atomic mass is 16.5. The molecule has 2 aromatic rings. The molecule has 132 valence electrons. The Labute approximate surface area is 149 Å². The second kappa shape index (κ2) is 8.01. The number of anilines is 1. The van der Waals surface area contributed by atoms with Crippen LogP contribution in [-0.2, 0) is 0 Å². The van der Waals surface area contributed by atoms with Crippen molar-refractivity contribution < 1.29 is 9.53 Å². The number of aromatic nitrogens is 1. The molecule has 25 heavy (non-hydrogen) atoms. The first kappa shape index (κ1) is 17.3. The molecule has 0 saturated heterocycles. The average molecular weight is 339 g/mol. The number of pyridine rings is 1. The molecule has 1 heterocycles. The molecule has 1 aliphatic carbocycles. The molecule has 1 aromatic carbocycles. The standard InChI is InChI=1S/C20H25N3O2/c1-23(2)17-10-6-15(7-11-17)20(24)22-16-8-12-18(13-9-16)25-19-5-3-4-14-21-19/h3-7,10-11,14,16,18H,8-9,12-13H2,1-2H3,(H,22,24). The van der Waals surface area contributed by atoms with Crippen LogP contribution >= 0.6 is 0 Å². The fraction of sp³-hybridized carbons (Fsp3) is 0.400. The van der Waals surface area contributed by atoms with Crippen molar-refractivity contribution in [1.29, 1.82) is 0 Å². The van der Waals surface area contributed by atoms with Crippen molar-refractivity contribution in [2.45, 2.75) is 37.8 Å². The Kier molecular flexibility index (Phi) is 5.53. The average Bonchev–Trinajstić information content (AvgIpc) is 2.64. The lowest BCUT2D eigenvalue weighted by atomic mass is 9.92. The van der Waals surface area contributed by atoms with E-state index in [9.17, 15) is 4.79 Å². The summed E-state index contributed by atoms with van der Waals surface area (Å²) in [7, 11) is 3.97. The lowest BCUT2D eigenvalue weighted by Crippen LogP contribution is -2.39. The van der Waals surface area contributed by atoms with E-state index in [-0.39, 0.29) is 18.1 Å². The third kappa shape index (κ3) is 4.72. The minimum Gasteiger partial charge on any atom is -0.474 e. The summed E-state index contributed by atoms with van der Waals surface area (Å²) < 4.78 is 5.90. The SMILES string of the molecule is CN(C)c1ccc(C(=O)NC2CCC(Oc3ccccn3)CC2)cc1. The van der Waals surface area contributed by atoms with Gasteiger partial charge in [-0.15, -0.1) is 0 Å². The number of ether oxygens (including phenoxy) is 1. The molecule has 1 fully saturated rings. The van der Waals surface area contributed by atoms with Crippen molar-refractivity contribution in [3.05, 3.63) is 54.2 Å². The summed E-state index contributed by atoms with van der Waals surface area (Å²) in [5.74, 6) is 0.676. The van der Waals surface area contributed by atoms with Crippen molar-refractivity contribution in [1.82, 2.24) is 10.3 Å². The molecule has 1 amide bonds. The van der Waals surface area contributed by atoms with E-state index in [0.717, 1.165) is 31.4 Å². The lowest BCUT2D eigenvalue weighted by Gasteiger charge is -2.29. The largest absolute Gasteiger partial charge is 0.474 e. The van der Waals surface area contributed by atoms with Gasteiger partial charge < -0.3 is 15.0 Å². The Morgan fingerprint density at radius 1 is 1.08 bits per heavy atom. The zero-order valence-corrected chi connectivity index (χ0v) is 14.8. The van der Waals surface area contributed by atoms with Crippen molar-refractivity contribution in [3.8, 4) is 5.88 Å². The summed E-state index contributed by atoms with van der Waals surface area (Å²) in [5, 5.41) is 3.14. The number of nitrogens with one attached hydrogen (secondary N) is 1. The molecular weight excluding hydrogens is 314 g/mol. The van der Waals surface area contributed by atoms with Gasteiger partial charge in [-0.2, -0.15) is 0 Å². The minimum atomic E-state index is -0.000555. The maximum Gasteiger partial charge on any atom is 0.251 e. The second-order valence-electron chi connectivity index (χ2n) is 6.67. The Bertz CT molecular complexity index is 678. The smallest absolute Gasteiger partial charge is 0.251 e. The van der Waals surface area contributed by atoms with Gasteiger partial charge in [0.25, 0.3) is 5.91 Å². The van der Waals surface area contributed by atoms with Gasteiger partial charge in [-0.1, -0.05) is 6.07 Å². The number of nitrogens with zero attached hydrogens (tertiary/aromatic N) is 2. The number of benzene rings is 1. The van der Waals surface area contributed by atoms with Gasteiger partial charge in [0.1, 0.15) is 6.10 Å². The quantitative estimate of drug-likeness (QED) is 0.908. The number of hydrogen-bond acceptors (Lipinski definition) is 4. The molecule has 1 aromatic heterocycles. The molecule has 0 bridgehead atoms. The van der Waals surface area contributed by atoms with E-state index in [1.165, 1.54) is 0 Å². The van der Waals surface area contributed by atoms with E-state index in [0.29, 0.717) is 11.4 Å². The number of hydrogen-bond donors (Lipinski definition) is 1. The second-order valence-corrected chi connectivity index (χ2v) is 6.67. The molecule has 5 heteroatoms. The predicted molar refractivity (Wildman–Crippen MR) is 99.1 cm³/mol. The zero-order chi connectivity index (χ0) is 17.6. The molecule has 1 saturated carbocycles. The molecular formula is C20H25N3O2. The minimum absolute atomic E-state index is 0.000555. The van der Waals surface area contributed by atoms with Gasteiger partial charge in [0.15, 0.2) is 0 Å². The molecule has 3 rings (SSSR count). The highest BCUT2D eigenvalue weighted by Crippen LogP contribution is 2.23. The molecule has 0 spiro atoms. The van der Waals surface area contributed by atoms with Crippen LogP contribution in [0.3, 0.4) is 0 Å². The van der Waals surface area contributed by atoms with Crippen LogP contribution in [0.25, 0.3) is 0 Å². The van der Waals surface area contributed by atoms with Gasteiger partial charge >= 0.3 is 0 Å². The highest BCUT2D eigenvalue weighted by Gasteiger charge is 2.24. The van der Waals surface area contributed by atoms with Crippen molar-refractivity contribution in [2.75, 3.05) is 19.0 Å². The lowest BCUT2D eigenvalue weighted by molar-refractivity contribution is 0.0890. The monoisotopic (exact) mass is 339 g/mol. The molecule has 0 aliphatic heterocycles. The Balaban J connectivity index is 1.47. The first-order chi connectivity index (χ1) is 12.1. The predicted octanol–water partition coefficient (Wildman–Crippen LogP) is 3.27. The summed E-state index contributed by atoms with van der Waals surface area (Å²) in [6.07, 6.45) is 5.64. The summed E-state index contributed by atoms with van der Waals surface area (Å²) >= 11 is 0. The topological polar surface area (TPSA) is 54.5 Å². The maximum atomic E-state index is 12.4. The van der Waals surface area contributed by atoms with Gasteiger partial charge in [-0.05, 0) is 56.0 Å². The summed E-state index contributed by atoms with van der Waals surface area (Å²) in [6.45, 7) is 0. The number of rotatable bonds is 5. The van der Waals surface area contributed by atoms with Gasteiger partial charge in [-0.3, -0.25) is 4.79 Å². The molecule has 0 atom stereocenters. The van der Waals surface area contributed by atoms with Crippen LogP contribution in [0.15, 0.2) is 48.7 Å². The van der Waals surface area contributed by atoms with E-state index >= 15 is 0 Å². The molecule has 1 aliphatic rings. The highest BCUT2D eigenvalue weighted by molar-refractivity contribution is 5.94. The van der Waals surface area contributed by atoms with Crippen molar-refractivity contribution >= 4 is 11.6 Å². The Hall–Kier alpha value is -2.56.